The molecule has 1 amide bonds. The third-order valence-electron chi connectivity index (χ3n) is 10.8. The van der Waals surface area contributed by atoms with Crippen molar-refractivity contribution in [1.82, 2.24) is 9.62 Å². The number of hydrogen-bond donors (Lipinski definition) is 4. The van der Waals surface area contributed by atoms with Crippen LogP contribution in [0.3, 0.4) is 0 Å². The normalized spacial score (nSPS) is 14.2. The van der Waals surface area contributed by atoms with Crippen molar-refractivity contribution in [3.05, 3.63) is 137 Å². The first-order valence-corrected chi connectivity index (χ1v) is 24.0. The molecule has 1 fully saturated rings. The van der Waals surface area contributed by atoms with E-state index in [9.17, 15) is 31.5 Å². The highest BCUT2D eigenvalue weighted by atomic mass is 35.5. The molecular formula is C46H51ClF3N5O4S3. The van der Waals surface area contributed by atoms with Gasteiger partial charge in [-0.15, -0.1) is 11.8 Å². The number of rotatable bonds is 19. The number of carbonyl (C=O) groups excluding carboxylic acids is 1. The Morgan fingerprint density at radius 3 is 2.32 bits per heavy atom. The summed E-state index contributed by atoms with van der Waals surface area (Å²) in [6.45, 7) is 3.03. The van der Waals surface area contributed by atoms with Gasteiger partial charge in [0.25, 0.3) is 15.9 Å². The highest BCUT2D eigenvalue weighted by Gasteiger charge is 2.32. The Kier molecular flexibility index (Phi) is 16.7. The Morgan fingerprint density at radius 2 is 1.66 bits per heavy atom. The number of likely N-dealkylation sites (N-methyl/N-ethyl adjacent to an activating group) is 1. The second-order valence-electron chi connectivity index (χ2n) is 15.3. The topological polar surface area (TPSA) is 128 Å². The van der Waals surface area contributed by atoms with Crippen LogP contribution in [0.1, 0.15) is 40.7 Å². The van der Waals surface area contributed by atoms with Crippen molar-refractivity contribution in [2.24, 2.45) is 11.7 Å². The van der Waals surface area contributed by atoms with Crippen LogP contribution in [0.2, 0.25) is 5.02 Å². The summed E-state index contributed by atoms with van der Waals surface area (Å²) in [5.41, 5.74) is 6.98. The molecule has 330 valence electrons. The van der Waals surface area contributed by atoms with Crippen LogP contribution in [0.25, 0.3) is 11.1 Å². The molecule has 1 heterocycles. The number of benzene rings is 5. The van der Waals surface area contributed by atoms with Gasteiger partial charge in [-0.3, -0.25) is 4.79 Å². The predicted octanol–water partition coefficient (Wildman–Crippen LogP) is 9.54. The first kappa shape index (κ1) is 47.3. The van der Waals surface area contributed by atoms with Gasteiger partial charge in [-0.05, 0) is 146 Å². The van der Waals surface area contributed by atoms with Gasteiger partial charge < -0.3 is 26.0 Å². The Labute approximate surface area is 375 Å². The lowest BCUT2D eigenvalue weighted by Crippen LogP contribution is -2.34. The predicted molar refractivity (Wildman–Crippen MR) is 247 cm³/mol. The molecule has 62 heavy (non-hydrogen) atoms. The maximum absolute atomic E-state index is 13.9. The number of carbonyl (C=O) groups is 1. The van der Waals surface area contributed by atoms with Crippen LogP contribution in [0.5, 0.6) is 0 Å². The zero-order valence-corrected chi connectivity index (χ0v) is 37.5. The molecule has 9 nitrogen and oxygen atoms in total. The second kappa shape index (κ2) is 21.9. The number of aliphatic hydroxyl groups excluding tert-OH is 1. The van der Waals surface area contributed by atoms with Crippen molar-refractivity contribution in [3.8, 4) is 11.1 Å². The zero-order valence-electron chi connectivity index (χ0n) is 34.3. The SMILES string of the molecule is CN(CCO)CCC(CSc1ccccc1)Nc1ccc(S(=O)(=O)NC(=O)c2ccc(N3CCC(Cc4cc(CN)ccc4-c4ccc(Cl)cc4)CC3)cc2)cc1SC(F)(F)F. The minimum absolute atomic E-state index is 0.0296. The van der Waals surface area contributed by atoms with Crippen LogP contribution in [0, 0.1) is 5.92 Å². The summed E-state index contributed by atoms with van der Waals surface area (Å²) >= 11 is 7.27. The first-order chi connectivity index (χ1) is 29.7. The number of alkyl halides is 3. The van der Waals surface area contributed by atoms with Crippen molar-refractivity contribution in [1.29, 1.82) is 0 Å². The van der Waals surface area contributed by atoms with Crippen molar-refractivity contribution in [2.75, 3.05) is 55.8 Å². The van der Waals surface area contributed by atoms with Crippen LogP contribution >= 0.6 is 35.1 Å². The standard InChI is InChI=1S/C46H51ClF3N5O4S3/c1-54(25-26-56)22-21-38(31-60-40-5-3-2-4-6-40)52-43-18-16-41(29-44(43)61-46(48,49)50)62(58,59)53-45(57)35-10-14-39(15-11-35)55-23-19-32(20-24-55)27-36-28-33(30-51)7-17-42(36)34-8-12-37(47)13-9-34/h2-18,28-29,32,38,52,56H,19-27,30-31,51H2,1H3,(H,53,57). The molecule has 0 spiro atoms. The molecule has 5 aromatic carbocycles. The number of nitrogens with one attached hydrogen (secondary N) is 2. The Morgan fingerprint density at radius 1 is 0.952 bits per heavy atom. The number of halogens is 4. The Balaban J connectivity index is 1.09. The molecule has 1 atom stereocenters. The summed E-state index contributed by atoms with van der Waals surface area (Å²) < 4.78 is 70.7. The number of sulfonamides is 1. The van der Waals surface area contributed by atoms with Gasteiger partial charge in [-0.2, -0.15) is 13.2 Å². The van der Waals surface area contributed by atoms with E-state index >= 15 is 0 Å². The Bertz CT molecular complexity index is 2350. The number of anilines is 2. The summed E-state index contributed by atoms with van der Waals surface area (Å²) in [7, 11) is -2.71. The van der Waals surface area contributed by atoms with Crippen LogP contribution in [-0.4, -0.2) is 81.5 Å². The fourth-order valence-electron chi connectivity index (χ4n) is 7.41. The maximum Gasteiger partial charge on any atom is 0.446 e. The number of aliphatic hydroxyl groups is 1. The lowest BCUT2D eigenvalue weighted by molar-refractivity contribution is -0.0328. The van der Waals surface area contributed by atoms with E-state index in [1.807, 2.05) is 71.3 Å². The van der Waals surface area contributed by atoms with Crippen LogP contribution in [0.15, 0.2) is 130 Å². The minimum atomic E-state index is -4.72. The minimum Gasteiger partial charge on any atom is -0.395 e. The molecular weight excluding hydrogens is 875 g/mol. The van der Waals surface area contributed by atoms with Crippen molar-refractivity contribution in [3.63, 3.8) is 0 Å². The van der Waals surface area contributed by atoms with E-state index in [0.717, 1.165) is 60.1 Å². The van der Waals surface area contributed by atoms with Gasteiger partial charge in [0.1, 0.15) is 0 Å². The van der Waals surface area contributed by atoms with Gasteiger partial charge in [0, 0.05) is 69.7 Å². The molecule has 5 aromatic rings. The Hall–Kier alpha value is -4.22. The lowest BCUT2D eigenvalue weighted by Gasteiger charge is -2.34. The summed E-state index contributed by atoms with van der Waals surface area (Å²) in [5.74, 6) is 0.0610. The summed E-state index contributed by atoms with van der Waals surface area (Å²) in [4.78, 5) is 17.6. The van der Waals surface area contributed by atoms with Crippen molar-refractivity contribution < 1.29 is 31.5 Å². The summed E-state index contributed by atoms with van der Waals surface area (Å²) in [5, 5.41) is 13.2. The van der Waals surface area contributed by atoms with Crippen LogP contribution in [-0.2, 0) is 23.0 Å². The van der Waals surface area contributed by atoms with E-state index < -0.39 is 38.1 Å². The molecule has 1 aliphatic rings. The van der Waals surface area contributed by atoms with E-state index in [2.05, 4.69) is 28.4 Å². The third kappa shape index (κ3) is 13.6. The smallest absolute Gasteiger partial charge is 0.395 e. The monoisotopic (exact) mass is 925 g/mol. The van der Waals surface area contributed by atoms with E-state index in [0.29, 0.717) is 42.7 Å². The van der Waals surface area contributed by atoms with Gasteiger partial charge in [0.2, 0.25) is 0 Å². The number of amides is 1. The number of nitrogens with two attached hydrogens (primary N) is 1. The molecule has 0 bridgehead atoms. The van der Waals surface area contributed by atoms with Crippen LogP contribution < -0.4 is 20.7 Å². The highest BCUT2D eigenvalue weighted by molar-refractivity contribution is 8.00. The molecule has 0 aliphatic carbocycles. The lowest BCUT2D eigenvalue weighted by atomic mass is 9.86. The molecule has 1 unspecified atom stereocenters. The molecule has 0 aromatic heterocycles. The molecule has 1 aliphatic heterocycles. The maximum atomic E-state index is 13.9. The quantitative estimate of drug-likeness (QED) is 0.0595. The molecule has 1 saturated heterocycles. The average Bonchev–Trinajstić information content (AvgIpc) is 3.25. The number of thioether (sulfide) groups is 2. The van der Waals surface area contributed by atoms with E-state index in [1.54, 1.807) is 36.0 Å². The molecule has 6 rings (SSSR count). The molecule has 0 saturated carbocycles. The van der Waals surface area contributed by atoms with E-state index in [1.165, 1.54) is 23.3 Å². The van der Waals surface area contributed by atoms with Crippen LogP contribution in [0.4, 0.5) is 24.5 Å². The largest absolute Gasteiger partial charge is 0.446 e. The van der Waals surface area contributed by atoms with Gasteiger partial charge in [-0.1, -0.05) is 60.1 Å². The first-order valence-electron chi connectivity index (χ1n) is 20.3. The molecule has 0 radical (unpaired) electrons. The fourth-order valence-corrected chi connectivity index (χ4v) is 10.3. The molecule has 5 N–H and O–H groups in total. The number of hydrogen-bond acceptors (Lipinski definition) is 10. The van der Waals surface area contributed by atoms with Crippen molar-refractivity contribution in [2.45, 2.75) is 58.5 Å². The average molecular weight is 927 g/mol. The van der Waals surface area contributed by atoms with Gasteiger partial charge in [0.05, 0.1) is 11.5 Å². The number of piperidine rings is 1. The fraction of sp³-hybridized carbons (Fsp3) is 0.326. The van der Waals surface area contributed by atoms with Gasteiger partial charge in [-0.25, -0.2) is 13.1 Å². The summed E-state index contributed by atoms with van der Waals surface area (Å²) in [6.07, 6.45) is 3.34. The van der Waals surface area contributed by atoms with E-state index in [-0.39, 0.29) is 28.8 Å². The van der Waals surface area contributed by atoms with Crippen molar-refractivity contribution >= 4 is 62.4 Å². The van der Waals surface area contributed by atoms with Gasteiger partial charge >= 0.3 is 5.51 Å². The highest BCUT2D eigenvalue weighted by Crippen LogP contribution is 2.42. The second-order valence-corrected chi connectivity index (χ2v) is 19.6. The van der Waals surface area contributed by atoms with Gasteiger partial charge in [0.15, 0.2) is 0 Å². The summed E-state index contributed by atoms with van der Waals surface area (Å²) in [6, 6.07) is 33.6. The number of nitrogens with zero attached hydrogens (tertiary/aromatic N) is 2. The zero-order chi connectivity index (χ0) is 44.3. The molecule has 16 heteroatoms. The van der Waals surface area contributed by atoms with E-state index in [4.69, 9.17) is 17.3 Å². The third-order valence-corrected chi connectivity index (χ3v) is 14.3.